The molecular weight excluding hydrogens is 204 g/mol. The Morgan fingerprint density at radius 1 is 1.18 bits per heavy atom. The highest BCUT2D eigenvalue weighted by atomic mass is 14.7. The van der Waals surface area contributed by atoms with E-state index >= 15 is 0 Å². The van der Waals surface area contributed by atoms with Crippen molar-refractivity contribution in [3.63, 3.8) is 0 Å². The quantitative estimate of drug-likeness (QED) is 0.631. The second-order valence-corrected chi connectivity index (χ2v) is 8.22. The molecule has 0 amide bonds. The van der Waals surface area contributed by atoms with Gasteiger partial charge in [0.1, 0.15) is 0 Å². The van der Waals surface area contributed by atoms with Gasteiger partial charge in [-0.15, -0.1) is 0 Å². The van der Waals surface area contributed by atoms with E-state index in [0.717, 1.165) is 41.4 Å². The number of hydrogen-bond acceptors (Lipinski definition) is 0. The molecule has 0 aromatic rings. The Bertz CT molecular complexity index is 305. The largest absolute Gasteiger partial charge is 0.0625 e. The van der Waals surface area contributed by atoms with E-state index in [4.69, 9.17) is 0 Å². The average molecular weight is 234 g/mol. The monoisotopic (exact) mass is 234 g/mol. The van der Waals surface area contributed by atoms with Crippen molar-refractivity contribution < 1.29 is 0 Å². The molecule has 7 unspecified atom stereocenters. The Labute approximate surface area is 108 Å². The van der Waals surface area contributed by atoms with Crippen molar-refractivity contribution >= 4 is 0 Å². The predicted molar refractivity (Wildman–Crippen MR) is 73.7 cm³/mol. The van der Waals surface area contributed by atoms with E-state index in [-0.39, 0.29) is 0 Å². The van der Waals surface area contributed by atoms with E-state index in [9.17, 15) is 0 Å². The van der Waals surface area contributed by atoms with E-state index in [1.165, 1.54) is 6.42 Å². The van der Waals surface area contributed by atoms with Crippen LogP contribution in [0.1, 0.15) is 60.3 Å². The van der Waals surface area contributed by atoms with Crippen LogP contribution >= 0.6 is 0 Å². The zero-order valence-electron chi connectivity index (χ0n) is 12.4. The van der Waals surface area contributed by atoms with Gasteiger partial charge in [0.2, 0.25) is 0 Å². The zero-order valence-corrected chi connectivity index (χ0v) is 12.4. The van der Waals surface area contributed by atoms with Crippen LogP contribution in [0.3, 0.4) is 0 Å². The normalized spacial score (nSPS) is 54.4. The van der Waals surface area contributed by atoms with Gasteiger partial charge in [-0.1, -0.05) is 34.6 Å². The molecule has 17 heavy (non-hydrogen) atoms. The van der Waals surface area contributed by atoms with Gasteiger partial charge in [0, 0.05) is 0 Å². The summed E-state index contributed by atoms with van der Waals surface area (Å²) in [7, 11) is 0. The number of rotatable bonds is 2. The Hall–Kier alpha value is 0. The van der Waals surface area contributed by atoms with Crippen molar-refractivity contribution in [1.82, 2.24) is 0 Å². The van der Waals surface area contributed by atoms with Crippen LogP contribution in [-0.4, -0.2) is 0 Å². The Morgan fingerprint density at radius 3 is 2.53 bits per heavy atom. The first kappa shape index (κ1) is 12.1. The van der Waals surface area contributed by atoms with Crippen LogP contribution in [0, 0.1) is 46.8 Å². The third-order valence-corrected chi connectivity index (χ3v) is 7.13. The summed E-state index contributed by atoms with van der Waals surface area (Å²) in [5.74, 6) is 7.24. The lowest BCUT2D eigenvalue weighted by molar-refractivity contribution is 0.183. The van der Waals surface area contributed by atoms with Crippen LogP contribution in [0.25, 0.3) is 0 Å². The fourth-order valence-electron chi connectivity index (χ4n) is 5.38. The fraction of sp³-hybridized carbons (Fsp3) is 1.00. The first-order valence-electron chi connectivity index (χ1n) is 7.94. The maximum Gasteiger partial charge on any atom is -0.0297 e. The predicted octanol–water partition coefficient (Wildman–Crippen LogP) is 4.99. The molecule has 2 bridgehead atoms. The summed E-state index contributed by atoms with van der Waals surface area (Å²) in [6.45, 7) is 12.5. The second kappa shape index (κ2) is 3.75. The first-order valence-corrected chi connectivity index (χ1v) is 7.94. The van der Waals surface area contributed by atoms with E-state index in [1.54, 1.807) is 19.3 Å². The van der Waals surface area contributed by atoms with Crippen LogP contribution < -0.4 is 0 Å². The lowest BCUT2D eigenvalue weighted by atomic mass is 9.74. The maximum absolute atomic E-state index is 2.57. The summed E-state index contributed by atoms with van der Waals surface area (Å²) in [5.41, 5.74) is 0.712. The molecule has 0 spiro atoms. The Morgan fingerprint density at radius 2 is 1.88 bits per heavy atom. The molecule has 0 heterocycles. The van der Waals surface area contributed by atoms with Crippen LogP contribution in [-0.2, 0) is 0 Å². The summed E-state index contributed by atoms with van der Waals surface area (Å²) in [6.07, 6.45) is 6.16. The van der Waals surface area contributed by atoms with E-state index in [2.05, 4.69) is 34.6 Å². The molecule has 3 rings (SSSR count). The molecule has 0 nitrogen and oxygen atoms in total. The smallest absolute Gasteiger partial charge is 0.0297 e. The molecule has 3 saturated carbocycles. The zero-order chi connectivity index (χ0) is 12.4. The Balaban J connectivity index is 1.78. The van der Waals surface area contributed by atoms with Crippen LogP contribution in [0.2, 0.25) is 0 Å². The number of fused-ring (bicyclic) bond motifs is 4. The maximum atomic E-state index is 2.57. The molecule has 0 aliphatic heterocycles. The fourth-order valence-corrected chi connectivity index (χ4v) is 5.38. The van der Waals surface area contributed by atoms with Gasteiger partial charge in [0.05, 0.1) is 0 Å². The third-order valence-electron chi connectivity index (χ3n) is 7.13. The van der Waals surface area contributed by atoms with Gasteiger partial charge in [-0.25, -0.2) is 0 Å². The first-order chi connectivity index (χ1) is 7.94. The van der Waals surface area contributed by atoms with Crippen molar-refractivity contribution in [3.05, 3.63) is 0 Å². The highest BCUT2D eigenvalue weighted by molar-refractivity contribution is 5.10. The van der Waals surface area contributed by atoms with Crippen molar-refractivity contribution in [2.75, 3.05) is 0 Å². The van der Waals surface area contributed by atoms with Gasteiger partial charge in [-0.2, -0.15) is 0 Å². The van der Waals surface area contributed by atoms with E-state index in [0.29, 0.717) is 5.41 Å². The van der Waals surface area contributed by atoms with Crippen LogP contribution in [0.15, 0.2) is 0 Å². The minimum atomic E-state index is 0.712. The summed E-state index contributed by atoms with van der Waals surface area (Å²) in [5, 5.41) is 0. The van der Waals surface area contributed by atoms with Crippen LogP contribution in [0.5, 0.6) is 0 Å². The summed E-state index contributed by atoms with van der Waals surface area (Å²) in [6, 6.07) is 0. The molecular formula is C17H30. The van der Waals surface area contributed by atoms with Crippen molar-refractivity contribution in [1.29, 1.82) is 0 Å². The second-order valence-electron chi connectivity index (χ2n) is 8.22. The SMILES string of the molecule is CC(C)C(C)C1C2CC(C)C3(C)CCC(C3)C21. The van der Waals surface area contributed by atoms with E-state index in [1.807, 2.05) is 0 Å². The Kier molecular flexibility index (Phi) is 2.66. The van der Waals surface area contributed by atoms with Gasteiger partial charge >= 0.3 is 0 Å². The summed E-state index contributed by atoms with van der Waals surface area (Å²) in [4.78, 5) is 0. The highest BCUT2D eigenvalue weighted by Gasteiger charge is 2.61. The van der Waals surface area contributed by atoms with Crippen molar-refractivity contribution in [3.8, 4) is 0 Å². The molecule has 3 aliphatic carbocycles. The van der Waals surface area contributed by atoms with Gasteiger partial charge in [0.25, 0.3) is 0 Å². The van der Waals surface area contributed by atoms with Gasteiger partial charge < -0.3 is 0 Å². The van der Waals surface area contributed by atoms with Gasteiger partial charge in [0.15, 0.2) is 0 Å². The highest BCUT2D eigenvalue weighted by Crippen LogP contribution is 2.68. The van der Waals surface area contributed by atoms with Crippen molar-refractivity contribution in [2.24, 2.45) is 46.8 Å². The lowest BCUT2D eigenvalue weighted by Crippen LogP contribution is -2.22. The molecule has 0 aromatic carbocycles. The van der Waals surface area contributed by atoms with Gasteiger partial charge in [-0.05, 0) is 72.5 Å². The summed E-state index contributed by atoms with van der Waals surface area (Å²) < 4.78 is 0. The molecule has 0 radical (unpaired) electrons. The molecule has 0 N–H and O–H groups in total. The topological polar surface area (TPSA) is 0 Å². The number of hydrogen-bond donors (Lipinski definition) is 0. The van der Waals surface area contributed by atoms with Gasteiger partial charge in [-0.3, -0.25) is 0 Å². The van der Waals surface area contributed by atoms with Crippen LogP contribution in [0.4, 0.5) is 0 Å². The molecule has 7 atom stereocenters. The van der Waals surface area contributed by atoms with E-state index < -0.39 is 0 Å². The minimum Gasteiger partial charge on any atom is -0.0625 e. The molecule has 0 heteroatoms. The molecule has 0 aromatic heterocycles. The van der Waals surface area contributed by atoms with Crippen molar-refractivity contribution in [2.45, 2.75) is 60.3 Å². The molecule has 3 aliphatic rings. The summed E-state index contributed by atoms with van der Waals surface area (Å²) >= 11 is 0. The third kappa shape index (κ3) is 1.70. The molecule has 0 saturated heterocycles. The average Bonchev–Trinajstić information content (AvgIpc) is 2.83. The molecule has 3 fully saturated rings. The minimum absolute atomic E-state index is 0.712. The molecule has 98 valence electrons. The standard InChI is InChI=1S/C17H30/c1-10(2)12(4)15-14-8-11(3)17(5)7-6-13(9-17)16(14)15/h10-16H,6-9H2,1-5H3. The lowest BCUT2D eigenvalue weighted by Gasteiger charge is -2.31.